The van der Waals surface area contributed by atoms with E-state index in [2.05, 4.69) is 5.32 Å². The number of halogens is 1. The lowest BCUT2D eigenvalue weighted by Gasteiger charge is -2.26. The number of hydrogen-bond acceptors (Lipinski definition) is 4. The van der Waals surface area contributed by atoms with Gasteiger partial charge in [-0.25, -0.2) is 12.8 Å². The van der Waals surface area contributed by atoms with Crippen LogP contribution in [0.15, 0.2) is 47.4 Å². The third-order valence-corrected chi connectivity index (χ3v) is 6.09. The van der Waals surface area contributed by atoms with Gasteiger partial charge in [-0.2, -0.15) is 4.31 Å². The fraction of sp³-hybridized carbons (Fsp3) is 0.278. The van der Waals surface area contributed by atoms with Gasteiger partial charge in [-0.1, -0.05) is 18.2 Å². The molecule has 26 heavy (non-hydrogen) atoms. The Hall–Kier alpha value is -2.29. The third-order valence-electron chi connectivity index (χ3n) is 4.17. The van der Waals surface area contributed by atoms with Gasteiger partial charge in [-0.15, -0.1) is 0 Å². The largest absolute Gasteiger partial charge is 0.379 e. The quantitative estimate of drug-likeness (QED) is 0.887. The van der Waals surface area contributed by atoms with Crippen molar-refractivity contribution in [3.63, 3.8) is 0 Å². The van der Waals surface area contributed by atoms with Crippen LogP contribution >= 0.6 is 0 Å². The van der Waals surface area contributed by atoms with Crippen LogP contribution in [0.1, 0.15) is 15.9 Å². The molecular formula is C18H19FN2O4S. The summed E-state index contributed by atoms with van der Waals surface area (Å²) in [4.78, 5) is 12.0. The van der Waals surface area contributed by atoms with Crippen molar-refractivity contribution in [1.82, 2.24) is 4.31 Å². The van der Waals surface area contributed by atoms with Crippen molar-refractivity contribution in [3.05, 3.63) is 59.4 Å². The van der Waals surface area contributed by atoms with Crippen LogP contribution < -0.4 is 5.32 Å². The normalized spacial score (nSPS) is 15.6. The van der Waals surface area contributed by atoms with E-state index >= 15 is 0 Å². The lowest BCUT2D eigenvalue weighted by Crippen LogP contribution is -2.41. The number of sulfonamides is 1. The van der Waals surface area contributed by atoms with Crippen LogP contribution in [-0.2, 0) is 14.8 Å². The van der Waals surface area contributed by atoms with Crippen molar-refractivity contribution in [3.8, 4) is 0 Å². The van der Waals surface area contributed by atoms with Gasteiger partial charge in [0.2, 0.25) is 10.0 Å². The van der Waals surface area contributed by atoms with Gasteiger partial charge in [0.05, 0.1) is 13.2 Å². The number of nitrogens with one attached hydrogen (secondary N) is 1. The molecule has 3 rings (SSSR count). The number of amides is 1. The first-order chi connectivity index (χ1) is 12.4. The number of carbonyl (C=O) groups excluding carboxylic acids is 1. The Kier molecular flexibility index (Phi) is 5.36. The second-order valence-electron chi connectivity index (χ2n) is 5.93. The van der Waals surface area contributed by atoms with Gasteiger partial charge >= 0.3 is 0 Å². The number of ether oxygens (including phenoxy) is 1. The number of benzene rings is 2. The van der Waals surface area contributed by atoms with Crippen molar-refractivity contribution in [2.24, 2.45) is 0 Å². The van der Waals surface area contributed by atoms with Crippen LogP contribution in [0.25, 0.3) is 0 Å². The molecule has 1 amide bonds. The smallest absolute Gasteiger partial charge is 0.255 e. The molecule has 1 heterocycles. The van der Waals surface area contributed by atoms with E-state index in [4.69, 9.17) is 4.74 Å². The first-order valence-corrected chi connectivity index (χ1v) is 9.58. The van der Waals surface area contributed by atoms with E-state index in [0.717, 1.165) is 22.0 Å². The van der Waals surface area contributed by atoms with Gasteiger partial charge in [0.25, 0.3) is 5.91 Å². The Morgan fingerprint density at radius 1 is 1.15 bits per heavy atom. The second kappa shape index (κ2) is 7.53. The molecule has 8 heteroatoms. The molecule has 0 atom stereocenters. The Morgan fingerprint density at radius 2 is 1.85 bits per heavy atom. The number of aryl methyl sites for hydroxylation is 1. The van der Waals surface area contributed by atoms with Crippen LogP contribution in [-0.4, -0.2) is 44.9 Å². The number of nitrogens with zero attached hydrogens (tertiary/aromatic N) is 1. The summed E-state index contributed by atoms with van der Waals surface area (Å²) < 4.78 is 45.9. The zero-order chi connectivity index (χ0) is 18.7. The Morgan fingerprint density at radius 3 is 2.54 bits per heavy atom. The molecule has 1 fully saturated rings. The average molecular weight is 378 g/mol. The maximum absolute atomic E-state index is 14.2. The van der Waals surface area contributed by atoms with Gasteiger partial charge in [-0.3, -0.25) is 4.79 Å². The molecule has 0 aliphatic carbocycles. The number of morpholine rings is 1. The first kappa shape index (κ1) is 18.5. The van der Waals surface area contributed by atoms with E-state index in [1.807, 2.05) is 19.1 Å². The molecule has 6 nitrogen and oxygen atoms in total. The lowest BCUT2D eigenvalue weighted by molar-refractivity contribution is 0.0729. The van der Waals surface area contributed by atoms with E-state index in [1.165, 1.54) is 6.07 Å². The lowest BCUT2D eigenvalue weighted by atomic mass is 10.1. The summed E-state index contributed by atoms with van der Waals surface area (Å²) in [5, 5.41) is 2.71. The standard InChI is InChI=1S/C18H19FN2O4S/c1-13-4-2-3-5-16(13)20-18(22)14-6-7-15(19)17(12-14)26(23,24)21-8-10-25-11-9-21/h2-7,12H,8-11H2,1H3,(H,20,22). The molecule has 138 valence electrons. The molecule has 0 saturated carbocycles. The minimum absolute atomic E-state index is 0.0708. The maximum Gasteiger partial charge on any atom is 0.255 e. The van der Waals surface area contributed by atoms with Crippen LogP contribution in [0.4, 0.5) is 10.1 Å². The molecule has 1 N–H and O–H groups in total. The minimum Gasteiger partial charge on any atom is -0.379 e. The number of hydrogen-bond donors (Lipinski definition) is 1. The third kappa shape index (κ3) is 3.77. The monoisotopic (exact) mass is 378 g/mol. The zero-order valence-corrected chi connectivity index (χ0v) is 15.1. The Bertz CT molecular complexity index is 925. The summed E-state index contributed by atoms with van der Waals surface area (Å²) in [6.07, 6.45) is 0. The minimum atomic E-state index is -4.03. The second-order valence-corrected chi connectivity index (χ2v) is 7.84. The predicted molar refractivity (Wildman–Crippen MR) is 95.1 cm³/mol. The van der Waals surface area contributed by atoms with Crippen LogP contribution in [0.3, 0.4) is 0 Å². The van der Waals surface area contributed by atoms with Crippen LogP contribution in [0.5, 0.6) is 0 Å². The molecule has 0 unspecified atom stereocenters. The highest BCUT2D eigenvalue weighted by molar-refractivity contribution is 7.89. The number of anilines is 1. The predicted octanol–water partition coefficient (Wildman–Crippen LogP) is 2.41. The molecule has 0 aromatic heterocycles. The Balaban J connectivity index is 1.90. The SMILES string of the molecule is Cc1ccccc1NC(=O)c1ccc(F)c(S(=O)(=O)N2CCOCC2)c1. The highest BCUT2D eigenvalue weighted by Crippen LogP contribution is 2.23. The molecule has 1 saturated heterocycles. The molecule has 0 bridgehead atoms. The molecule has 2 aromatic rings. The van der Waals surface area contributed by atoms with E-state index < -0.39 is 26.6 Å². The van der Waals surface area contributed by atoms with E-state index in [-0.39, 0.29) is 31.9 Å². The molecule has 1 aliphatic rings. The first-order valence-electron chi connectivity index (χ1n) is 8.14. The number of para-hydroxylation sites is 1. The van der Waals surface area contributed by atoms with Gasteiger partial charge in [0.15, 0.2) is 0 Å². The van der Waals surface area contributed by atoms with Crippen molar-refractivity contribution >= 4 is 21.6 Å². The summed E-state index contributed by atoms with van der Waals surface area (Å²) in [6.45, 7) is 2.67. The van der Waals surface area contributed by atoms with Gasteiger partial charge in [0.1, 0.15) is 10.7 Å². The molecule has 0 radical (unpaired) electrons. The van der Waals surface area contributed by atoms with E-state index in [9.17, 15) is 17.6 Å². The molecule has 0 spiro atoms. The topological polar surface area (TPSA) is 75.7 Å². The van der Waals surface area contributed by atoms with Gasteiger partial charge in [0, 0.05) is 24.3 Å². The zero-order valence-electron chi connectivity index (χ0n) is 14.2. The Labute approximate surface area is 151 Å². The van der Waals surface area contributed by atoms with E-state index in [0.29, 0.717) is 5.69 Å². The molecule has 2 aromatic carbocycles. The van der Waals surface area contributed by atoms with Gasteiger partial charge < -0.3 is 10.1 Å². The van der Waals surface area contributed by atoms with Crippen molar-refractivity contribution in [2.45, 2.75) is 11.8 Å². The summed E-state index contributed by atoms with van der Waals surface area (Å²) >= 11 is 0. The summed E-state index contributed by atoms with van der Waals surface area (Å²) in [7, 11) is -4.03. The van der Waals surface area contributed by atoms with Crippen LogP contribution in [0, 0.1) is 12.7 Å². The van der Waals surface area contributed by atoms with Crippen LogP contribution in [0.2, 0.25) is 0 Å². The van der Waals surface area contributed by atoms with Gasteiger partial charge in [-0.05, 0) is 36.8 Å². The average Bonchev–Trinajstić information content (AvgIpc) is 2.64. The molecular weight excluding hydrogens is 359 g/mol. The van der Waals surface area contributed by atoms with E-state index in [1.54, 1.807) is 12.1 Å². The number of rotatable bonds is 4. The highest BCUT2D eigenvalue weighted by atomic mass is 32.2. The van der Waals surface area contributed by atoms with Crippen molar-refractivity contribution in [1.29, 1.82) is 0 Å². The summed E-state index contributed by atoms with van der Waals surface area (Å²) in [5.41, 5.74) is 1.55. The summed E-state index contributed by atoms with van der Waals surface area (Å²) in [5.74, 6) is -1.39. The van der Waals surface area contributed by atoms with Crippen molar-refractivity contribution < 1.29 is 22.3 Å². The fourth-order valence-corrected chi connectivity index (χ4v) is 4.17. The number of carbonyl (C=O) groups is 1. The van der Waals surface area contributed by atoms with Crippen molar-refractivity contribution in [2.75, 3.05) is 31.6 Å². The molecule has 1 aliphatic heterocycles. The maximum atomic E-state index is 14.2. The highest BCUT2D eigenvalue weighted by Gasteiger charge is 2.29. The fourth-order valence-electron chi connectivity index (χ4n) is 2.68. The summed E-state index contributed by atoms with van der Waals surface area (Å²) in [6, 6.07) is 10.5.